The molecule has 0 bridgehead atoms. The van der Waals surface area contributed by atoms with Gasteiger partial charge in [-0.1, -0.05) is 48.5 Å². The van der Waals surface area contributed by atoms with Crippen molar-refractivity contribution < 1.29 is 9.21 Å². The molecule has 2 heterocycles. The standard InChI is InChI=1S/C24H28N4O2/c29-23(11-12-24-26-19-22(30-24)20-7-3-1-4-8-20)25-13-14-27-15-17-28(18-16-27)21-9-5-2-6-10-21/h1-10,19H,11-18H2,(H,25,29). The van der Waals surface area contributed by atoms with Crippen molar-refractivity contribution in [1.29, 1.82) is 0 Å². The van der Waals surface area contributed by atoms with E-state index in [0.29, 0.717) is 25.3 Å². The number of carbonyl (C=O) groups excluding carboxylic acids is 1. The number of piperazine rings is 1. The Labute approximate surface area is 177 Å². The van der Waals surface area contributed by atoms with Crippen LogP contribution in [0.1, 0.15) is 12.3 Å². The maximum absolute atomic E-state index is 12.2. The number of rotatable bonds is 8. The van der Waals surface area contributed by atoms with Crippen molar-refractivity contribution in [3.8, 4) is 11.3 Å². The summed E-state index contributed by atoms with van der Waals surface area (Å²) >= 11 is 0. The number of hydrogen-bond acceptors (Lipinski definition) is 5. The number of benzene rings is 2. The van der Waals surface area contributed by atoms with E-state index in [1.165, 1.54) is 5.69 Å². The van der Waals surface area contributed by atoms with Gasteiger partial charge < -0.3 is 14.6 Å². The zero-order valence-electron chi connectivity index (χ0n) is 17.2. The number of nitrogens with zero attached hydrogens (tertiary/aromatic N) is 3. The number of hydrogen-bond donors (Lipinski definition) is 1. The first-order valence-corrected chi connectivity index (χ1v) is 10.6. The summed E-state index contributed by atoms with van der Waals surface area (Å²) in [7, 11) is 0. The van der Waals surface area contributed by atoms with Crippen molar-refractivity contribution in [2.24, 2.45) is 0 Å². The predicted octanol–water partition coefficient (Wildman–Crippen LogP) is 3.21. The van der Waals surface area contributed by atoms with Gasteiger partial charge in [0.15, 0.2) is 11.7 Å². The number of aryl methyl sites for hydroxylation is 1. The molecule has 1 aliphatic rings. The summed E-state index contributed by atoms with van der Waals surface area (Å²) in [5, 5.41) is 3.02. The van der Waals surface area contributed by atoms with Gasteiger partial charge in [-0.25, -0.2) is 4.98 Å². The van der Waals surface area contributed by atoms with Gasteiger partial charge >= 0.3 is 0 Å². The van der Waals surface area contributed by atoms with Gasteiger partial charge in [0.25, 0.3) is 0 Å². The number of oxazole rings is 1. The molecule has 4 rings (SSSR count). The van der Waals surface area contributed by atoms with Gasteiger partial charge in [-0.05, 0) is 12.1 Å². The Bertz CT molecular complexity index is 919. The van der Waals surface area contributed by atoms with Gasteiger partial charge in [0.05, 0.1) is 6.20 Å². The van der Waals surface area contributed by atoms with E-state index in [2.05, 4.69) is 44.4 Å². The van der Waals surface area contributed by atoms with Crippen LogP contribution in [0.5, 0.6) is 0 Å². The molecular weight excluding hydrogens is 376 g/mol. The number of amides is 1. The van der Waals surface area contributed by atoms with Gasteiger partial charge in [0.2, 0.25) is 5.91 Å². The highest BCUT2D eigenvalue weighted by Gasteiger charge is 2.17. The highest BCUT2D eigenvalue weighted by molar-refractivity contribution is 5.76. The van der Waals surface area contributed by atoms with Gasteiger partial charge in [0, 0.05) is 63.4 Å². The first-order valence-electron chi connectivity index (χ1n) is 10.6. The van der Waals surface area contributed by atoms with E-state index < -0.39 is 0 Å². The highest BCUT2D eigenvalue weighted by atomic mass is 16.4. The summed E-state index contributed by atoms with van der Waals surface area (Å²) in [5.41, 5.74) is 2.28. The van der Waals surface area contributed by atoms with Crippen molar-refractivity contribution in [2.45, 2.75) is 12.8 Å². The number of nitrogens with one attached hydrogen (secondary N) is 1. The average Bonchev–Trinajstić information content (AvgIpc) is 3.29. The zero-order valence-corrected chi connectivity index (χ0v) is 17.2. The molecule has 1 aliphatic heterocycles. The Kier molecular flexibility index (Phi) is 6.77. The third kappa shape index (κ3) is 5.48. The molecule has 0 atom stereocenters. The van der Waals surface area contributed by atoms with E-state index in [1.807, 2.05) is 36.4 Å². The fourth-order valence-corrected chi connectivity index (χ4v) is 3.69. The maximum atomic E-state index is 12.2. The van der Waals surface area contributed by atoms with Crippen molar-refractivity contribution in [3.63, 3.8) is 0 Å². The summed E-state index contributed by atoms with van der Waals surface area (Å²) in [5.74, 6) is 1.37. The van der Waals surface area contributed by atoms with E-state index in [9.17, 15) is 4.79 Å². The van der Waals surface area contributed by atoms with E-state index in [4.69, 9.17) is 4.42 Å². The minimum absolute atomic E-state index is 0.0392. The lowest BCUT2D eigenvalue weighted by Gasteiger charge is -2.36. The molecule has 1 fully saturated rings. The van der Waals surface area contributed by atoms with Crippen molar-refractivity contribution >= 4 is 11.6 Å². The van der Waals surface area contributed by atoms with Crippen LogP contribution in [0.4, 0.5) is 5.69 Å². The van der Waals surface area contributed by atoms with Crippen LogP contribution < -0.4 is 10.2 Å². The largest absolute Gasteiger partial charge is 0.441 e. The third-order valence-electron chi connectivity index (χ3n) is 5.42. The molecule has 156 valence electrons. The molecule has 0 radical (unpaired) electrons. The summed E-state index contributed by atoms with van der Waals surface area (Å²) in [6, 6.07) is 20.4. The Hall–Kier alpha value is -3.12. The SMILES string of the molecule is O=C(CCc1ncc(-c2ccccc2)o1)NCCN1CCN(c2ccccc2)CC1. The van der Waals surface area contributed by atoms with Gasteiger partial charge in [0.1, 0.15) is 0 Å². The van der Waals surface area contributed by atoms with E-state index in [-0.39, 0.29) is 5.91 Å². The summed E-state index contributed by atoms with van der Waals surface area (Å²) in [6.45, 7) is 5.63. The Morgan fingerprint density at radius 2 is 1.67 bits per heavy atom. The molecule has 0 aliphatic carbocycles. The van der Waals surface area contributed by atoms with Crippen LogP contribution in [0.15, 0.2) is 71.3 Å². The second kappa shape index (κ2) is 10.1. The second-order valence-electron chi connectivity index (χ2n) is 7.50. The molecule has 6 nitrogen and oxygen atoms in total. The van der Waals surface area contributed by atoms with E-state index >= 15 is 0 Å². The Balaban J connectivity index is 1.13. The molecule has 1 saturated heterocycles. The van der Waals surface area contributed by atoms with E-state index in [0.717, 1.165) is 44.0 Å². The molecule has 3 aromatic rings. The van der Waals surface area contributed by atoms with Crippen molar-refractivity contribution in [3.05, 3.63) is 72.8 Å². The van der Waals surface area contributed by atoms with E-state index in [1.54, 1.807) is 6.20 Å². The molecule has 2 aromatic carbocycles. The van der Waals surface area contributed by atoms with Gasteiger partial charge in [-0.15, -0.1) is 0 Å². The maximum Gasteiger partial charge on any atom is 0.220 e. The minimum atomic E-state index is 0.0392. The lowest BCUT2D eigenvalue weighted by atomic mass is 10.2. The number of anilines is 1. The van der Waals surface area contributed by atoms with Crippen LogP contribution in [-0.4, -0.2) is 55.1 Å². The molecule has 0 saturated carbocycles. The van der Waals surface area contributed by atoms with Crippen LogP contribution in [-0.2, 0) is 11.2 Å². The van der Waals surface area contributed by atoms with Crippen LogP contribution in [0.25, 0.3) is 11.3 Å². The fourth-order valence-electron chi connectivity index (χ4n) is 3.69. The number of aromatic nitrogens is 1. The molecule has 1 aromatic heterocycles. The Morgan fingerprint density at radius 1 is 0.967 bits per heavy atom. The predicted molar refractivity (Wildman–Crippen MR) is 118 cm³/mol. The lowest BCUT2D eigenvalue weighted by molar-refractivity contribution is -0.121. The highest BCUT2D eigenvalue weighted by Crippen LogP contribution is 2.20. The molecule has 0 spiro atoms. The molecule has 1 amide bonds. The van der Waals surface area contributed by atoms with Crippen LogP contribution in [0, 0.1) is 0 Å². The third-order valence-corrected chi connectivity index (χ3v) is 5.42. The first kappa shape index (κ1) is 20.2. The van der Waals surface area contributed by atoms with Crippen LogP contribution in [0.2, 0.25) is 0 Å². The van der Waals surface area contributed by atoms with Crippen molar-refractivity contribution in [1.82, 2.24) is 15.2 Å². The summed E-state index contributed by atoms with van der Waals surface area (Å²) in [6.07, 6.45) is 2.61. The average molecular weight is 405 g/mol. The molecular formula is C24H28N4O2. The van der Waals surface area contributed by atoms with Crippen molar-refractivity contribution in [2.75, 3.05) is 44.2 Å². The minimum Gasteiger partial charge on any atom is -0.441 e. The summed E-state index contributed by atoms with van der Waals surface area (Å²) in [4.78, 5) is 21.3. The normalized spacial score (nSPS) is 14.6. The van der Waals surface area contributed by atoms with Gasteiger partial charge in [-0.2, -0.15) is 0 Å². The lowest BCUT2D eigenvalue weighted by Crippen LogP contribution is -2.48. The topological polar surface area (TPSA) is 61.6 Å². The smallest absolute Gasteiger partial charge is 0.220 e. The Morgan fingerprint density at radius 3 is 2.40 bits per heavy atom. The quantitative estimate of drug-likeness (QED) is 0.625. The van der Waals surface area contributed by atoms with Crippen LogP contribution in [0.3, 0.4) is 0 Å². The first-order chi connectivity index (χ1) is 14.8. The molecule has 0 unspecified atom stereocenters. The van der Waals surface area contributed by atoms with Crippen LogP contribution >= 0.6 is 0 Å². The monoisotopic (exact) mass is 404 g/mol. The van der Waals surface area contributed by atoms with Gasteiger partial charge in [-0.3, -0.25) is 9.69 Å². The molecule has 30 heavy (non-hydrogen) atoms. The summed E-state index contributed by atoms with van der Waals surface area (Å²) < 4.78 is 5.76. The second-order valence-corrected chi connectivity index (χ2v) is 7.50. The molecule has 6 heteroatoms. The molecule has 1 N–H and O–H groups in total. The number of carbonyl (C=O) groups is 1. The number of para-hydroxylation sites is 1. The zero-order chi connectivity index (χ0) is 20.6. The fraction of sp³-hybridized carbons (Fsp3) is 0.333.